The summed E-state index contributed by atoms with van der Waals surface area (Å²) < 4.78 is 1.72. The molecule has 8 heteroatoms. The largest absolute Gasteiger partial charge is 0.350 e. The van der Waals surface area contributed by atoms with Gasteiger partial charge in [-0.1, -0.05) is 0 Å². The molecule has 0 atom stereocenters. The van der Waals surface area contributed by atoms with Crippen molar-refractivity contribution in [3.8, 4) is 0 Å². The second-order valence-electron chi connectivity index (χ2n) is 5.40. The number of likely N-dealkylation sites (N-methyl/N-ethyl adjacent to an activating group) is 1. The maximum atomic E-state index is 12.1. The number of aryl methyl sites for hydroxylation is 1. The molecule has 8 nitrogen and oxygen atoms in total. The van der Waals surface area contributed by atoms with Gasteiger partial charge in [-0.15, -0.1) is 4.91 Å². The fourth-order valence-corrected chi connectivity index (χ4v) is 2.25. The van der Waals surface area contributed by atoms with E-state index in [1.54, 1.807) is 60.2 Å². The van der Waals surface area contributed by atoms with Crippen LogP contribution in [0.4, 0.5) is 0 Å². The number of nitrogens with one attached hydrogen (secondary N) is 2. The number of nitrogens with zero attached hydrogens (tertiary/aromatic N) is 3. The number of amides is 2. The van der Waals surface area contributed by atoms with Crippen molar-refractivity contribution in [2.24, 2.45) is 12.2 Å². The first-order valence-electron chi connectivity index (χ1n) is 7.69. The van der Waals surface area contributed by atoms with E-state index in [1.165, 1.54) is 6.20 Å². The van der Waals surface area contributed by atoms with Gasteiger partial charge >= 0.3 is 5.91 Å². The van der Waals surface area contributed by atoms with E-state index in [2.05, 4.69) is 15.8 Å². The highest BCUT2D eigenvalue weighted by molar-refractivity contribution is 5.96. The molecule has 0 saturated carbocycles. The minimum atomic E-state index is -0.263. The SMILES string of the molecule is CN1C=C(C(=O)NCCNC(=O)c2cccc[n+]2C)C=CC1=CN=O. The lowest BCUT2D eigenvalue weighted by atomic mass is 10.1. The smallest absolute Gasteiger partial charge is 0.316 e. The number of hydrogen-bond donors (Lipinski definition) is 2. The molecule has 2 N–H and O–H groups in total. The van der Waals surface area contributed by atoms with Gasteiger partial charge in [-0.05, 0) is 23.4 Å². The zero-order chi connectivity index (χ0) is 18.2. The molecule has 0 bridgehead atoms. The van der Waals surface area contributed by atoms with Crippen molar-refractivity contribution in [3.05, 3.63) is 70.8 Å². The van der Waals surface area contributed by atoms with Crippen LogP contribution < -0.4 is 15.2 Å². The first kappa shape index (κ1) is 18.1. The molecule has 0 spiro atoms. The van der Waals surface area contributed by atoms with E-state index in [1.807, 2.05) is 6.07 Å². The highest BCUT2D eigenvalue weighted by Gasteiger charge is 2.15. The van der Waals surface area contributed by atoms with Crippen LogP contribution in [-0.2, 0) is 11.8 Å². The molecule has 0 fully saturated rings. The van der Waals surface area contributed by atoms with E-state index in [9.17, 15) is 14.5 Å². The van der Waals surface area contributed by atoms with Gasteiger partial charge in [0.2, 0.25) is 0 Å². The maximum absolute atomic E-state index is 12.1. The van der Waals surface area contributed by atoms with Crippen LogP contribution in [0.15, 0.2) is 65.4 Å². The molecule has 130 valence electrons. The second kappa shape index (κ2) is 8.53. The first-order chi connectivity index (χ1) is 12.0. The molecule has 2 rings (SSSR count). The Morgan fingerprint density at radius 3 is 2.56 bits per heavy atom. The third-order valence-electron chi connectivity index (χ3n) is 3.60. The maximum Gasteiger partial charge on any atom is 0.316 e. The number of carbonyl (C=O) groups excluding carboxylic acids is 2. The molecule has 0 saturated heterocycles. The average molecular weight is 342 g/mol. The Bertz CT molecular complexity index is 767. The van der Waals surface area contributed by atoms with Crippen molar-refractivity contribution in [2.45, 2.75) is 0 Å². The van der Waals surface area contributed by atoms with E-state index >= 15 is 0 Å². The van der Waals surface area contributed by atoms with Crippen LogP contribution in [0.25, 0.3) is 0 Å². The van der Waals surface area contributed by atoms with Crippen LogP contribution in [0.5, 0.6) is 0 Å². The topological polar surface area (TPSA) is 94.8 Å². The van der Waals surface area contributed by atoms with E-state index < -0.39 is 0 Å². The first-order valence-corrected chi connectivity index (χ1v) is 7.69. The molecule has 1 aliphatic heterocycles. The Morgan fingerprint density at radius 1 is 1.20 bits per heavy atom. The quantitative estimate of drug-likeness (QED) is 0.443. The van der Waals surface area contributed by atoms with Crippen molar-refractivity contribution in [3.63, 3.8) is 0 Å². The Hall–Kier alpha value is -3.29. The van der Waals surface area contributed by atoms with Crippen molar-refractivity contribution < 1.29 is 14.2 Å². The standard InChI is InChI=1S/C17H19N5O3/c1-21-10-4-3-5-15(21)17(24)19-9-8-18-16(23)13-6-7-14(11-20-25)22(2)12-13/h3-7,10-12H,8-9H2,1-2H3,(H-,18,19,23,24)/p+1. The highest BCUT2D eigenvalue weighted by atomic mass is 16.2. The van der Waals surface area contributed by atoms with Gasteiger partial charge in [0.25, 0.3) is 11.6 Å². The van der Waals surface area contributed by atoms with Gasteiger partial charge in [0, 0.05) is 38.5 Å². The third kappa shape index (κ3) is 4.84. The zero-order valence-corrected chi connectivity index (χ0v) is 14.1. The molecule has 25 heavy (non-hydrogen) atoms. The number of hydrogen-bond acceptors (Lipinski definition) is 5. The molecule has 0 unspecified atom stereocenters. The van der Waals surface area contributed by atoms with Crippen molar-refractivity contribution in [1.82, 2.24) is 15.5 Å². The summed E-state index contributed by atoms with van der Waals surface area (Å²) >= 11 is 0. The number of pyridine rings is 1. The lowest BCUT2D eigenvalue weighted by molar-refractivity contribution is -0.673. The van der Waals surface area contributed by atoms with Gasteiger partial charge in [-0.3, -0.25) is 9.59 Å². The van der Waals surface area contributed by atoms with Gasteiger partial charge in [0.15, 0.2) is 6.20 Å². The van der Waals surface area contributed by atoms with Gasteiger partial charge in [0.05, 0.1) is 17.5 Å². The van der Waals surface area contributed by atoms with E-state index in [0.29, 0.717) is 30.1 Å². The normalized spacial score (nSPS) is 14.9. The third-order valence-corrected chi connectivity index (χ3v) is 3.60. The van der Waals surface area contributed by atoms with Crippen molar-refractivity contribution in [1.29, 1.82) is 0 Å². The molecule has 2 amide bonds. The van der Waals surface area contributed by atoms with Crippen molar-refractivity contribution >= 4 is 11.8 Å². The monoisotopic (exact) mass is 342 g/mol. The molecule has 2 heterocycles. The predicted octanol–water partition coefficient (Wildman–Crippen LogP) is 0.350. The summed E-state index contributed by atoms with van der Waals surface area (Å²) in [6.45, 7) is 0.612. The number of allylic oxidation sites excluding steroid dienone is 1. The number of aromatic nitrogens is 1. The van der Waals surface area contributed by atoms with E-state index in [-0.39, 0.29) is 11.8 Å². The molecule has 1 aliphatic rings. The fraction of sp³-hybridized carbons (Fsp3) is 0.235. The molecular weight excluding hydrogens is 322 g/mol. The molecule has 1 aromatic heterocycles. The Kier molecular flexibility index (Phi) is 6.16. The zero-order valence-electron chi connectivity index (χ0n) is 14.1. The van der Waals surface area contributed by atoms with Crippen molar-refractivity contribution in [2.75, 3.05) is 20.1 Å². The van der Waals surface area contributed by atoms with E-state index in [0.717, 1.165) is 0 Å². The minimum Gasteiger partial charge on any atom is -0.350 e. The van der Waals surface area contributed by atoms with Crippen LogP contribution in [0, 0.1) is 4.91 Å². The van der Waals surface area contributed by atoms with Crippen LogP contribution in [0.3, 0.4) is 0 Å². The summed E-state index contributed by atoms with van der Waals surface area (Å²) in [6.07, 6.45) is 7.80. The lowest BCUT2D eigenvalue weighted by Crippen LogP contribution is -2.42. The fourth-order valence-electron chi connectivity index (χ4n) is 2.25. The summed E-state index contributed by atoms with van der Waals surface area (Å²) in [7, 11) is 3.51. The van der Waals surface area contributed by atoms with Gasteiger partial charge in [-0.25, -0.2) is 0 Å². The molecule has 0 aliphatic carbocycles. The number of carbonyl (C=O) groups is 2. The lowest BCUT2D eigenvalue weighted by Gasteiger charge is -2.19. The molecule has 0 aromatic carbocycles. The molecule has 0 radical (unpaired) electrons. The number of nitroso groups, excluding NO2 is 1. The van der Waals surface area contributed by atoms with Crippen LogP contribution in [0.1, 0.15) is 10.5 Å². The van der Waals surface area contributed by atoms with Gasteiger partial charge in [0.1, 0.15) is 7.05 Å². The minimum absolute atomic E-state index is 0.204. The van der Waals surface area contributed by atoms with Crippen LogP contribution >= 0.6 is 0 Å². The summed E-state index contributed by atoms with van der Waals surface area (Å²) in [4.78, 5) is 36.0. The van der Waals surface area contributed by atoms with Gasteiger partial charge in [-0.2, -0.15) is 4.57 Å². The average Bonchev–Trinajstić information content (AvgIpc) is 2.60. The number of rotatable bonds is 6. The Balaban J connectivity index is 1.80. The highest BCUT2D eigenvalue weighted by Crippen LogP contribution is 2.14. The van der Waals surface area contributed by atoms with Crippen LogP contribution in [0.2, 0.25) is 0 Å². The molecular formula is C17H20N5O3+. The predicted molar refractivity (Wildman–Crippen MR) is 91.8 cm³/mol. The summed E-state index contributed by atoms with van der Waals surface area (Å²) in [5, 5.41) is 8.19. The summed E-state index contributed by atoms with van der Waals surface area (Å²) in [5.74, 6) is -0.467. The summed E-state index contributed by atoms with van der Waals surface area (Å²) in [5.41, 5.74) is 1.58. The van der Waals surface area contributed by atoms with Crippen LogP contribution in [-0.4, -0.2) is 36.9 Å². The Morgan fingerprint density at radius 2 is 1.92 bits per heavy atom. The Labute approximate surface area is 145 Å². The van der Waals surface area contributed by atoms with E-state index in [4.69, 9.17) is 0 Å². The molecule has 1 aromatic rings. The van der Waals surface area contributed by atoms with Gasteiger partial charge < -0.3 is 15.5 Å². The second-order valence-corrected chi connectivity index (χ2v) is 5.40. The summed E-state index contributed by atoms with van der Waals surface area (Å²) in [6, 6.07) is 5.35.